The summed E-state index contributed by atoms with van der Waals surface area (Å²) < 4.78 is 9.38. The summed E-state index contributed by atoms with van der Waals surface area (Å²) in [5.41, 5.74) is 33.2. The number of pyridine rings is 4. The summed E-state index contributed by atoms with van der Waals surface area (Å²) in [6, 6.07) is 143. The second-order valence-corrected chi connectivity index (χ2v) is 28.5. The monoisotopic (exact) mass is 1430 g/mol. The second-order valence-electron chi connectivity index (χ2n) is 28.5. The third-order valence-electron chi connectivity index (χ3n) is 21.9. The molecule has 0 fully saturated rings. The third kappa shape index (κ3) is 11.6. The molecule has 112 heavy (non-hydrogen) atoms. The molecule has 0 aliphatic heterocycles. The molecule has 8 heterocycles. The van der Waals surface area contributed by atoms with Gasteiger partial charge in [-0.3, -0.25) is 9.97 Å². The van der Waals surface area contributed by atoms with Crippen LogP contribution < -0.4 is 0 Å². The van der Waals surface area contributed by atoms with E-state index in [9.17, 15) is 0 Å². The van der Waals surface area contributed by atoms with Crippen LogP contribution in [0.3, 0.4) is 0 Å². The molecule has 0 amide bonds. The molecule has 0 aliphatic rings. The fourth-order valence-corrected chi connectivity index (χ4v) is 16.6. The van der Waals surface area contributed by atoms with Crippen molar-refractivity contribution < 1.29 is 0 Å². The van der Waals surface area contributed by atoms with Crippen LogP contribution in [0, 0.1) is 0 Å². The molecule has 0 atom stereocenters. The molecular weight excluding hydrogens is 1360 g/mol. The first-order valence-corrected chi connectivity index (χ1v) is 38.0. The number of hydrogen-bond acceptors (Lipinski definition) is 4. The van der Waals surface area contributed by atoms with Crippen LogP contribution in [0.1, 0.15) is 0 Å². The molecule has 0 saturated carbocycles. The van der Waals surface area contributed by atoms with E-state index in [0.717, 1.165) is 128 Å². The Bertz CT molecular complexity index is 6760. The molecule has 0 N–H and O–H groups in total. The Balaban J connectivity index is 0.000000141. The number of hydrogen-bond donors (Lipinski definition) is 0. The highest BCUT2D eigenvalue weighted by Gasteiger charge is 2.21. The van der Waals surface area contributed by atoms with Crippen molar-refractivity contribution >= 4 is 87.5 Å². The Morgan fingerprint density at radius 3 is 0.777 bits per heavy atom. The molecule has 8 nitrogen and oxygen atoms in total. The molecule has 0 spiro atoms. The Morgan fingerprint density at radius 2 is 0.402 bits per heavy atom. The van der Waals surface area contributed by atoms with Crippen molar-refractivity contribution in [1.29, 1.82) is 0 Å². The fraction of sp³-hybridized carbons (Fsp3) is 0. The van der Waals surface area contributed by atoms with Crippen molar-refractivity contribution in [2.24, 2.45) is 0 Å². The summed E-state index contributed by atoms with van der Waals surface area (Å²) in [7, 11) is 0. The molecule has 8 heteroatoms. The lowest BCUT2D eigenvalue weighted by Crippen LogP contribution is -1.95. The Hall–Kier alpha value is -15.1. The van der Waals surface area contributed by atoms with Crippen molar-refractivity contribution in [3.05, 3.63) is 413 Å². The van der Waals surface area contributed by atoms with E-state index >= 15 is 0 Å². The van der Waals surface area contributed by atoms with Gasteiger partial charge in [-0.2, -0.15) is 0 Å². The summed E-state index contributed by atoms with van der Waals surface area (Å²) in [4.78, 5) is 20.0. The second kappa shape index (κ2) is 27.6. The van der Waals surface area contributed by atoms with Gasteiger partial charge in [-0.15, -0.1) is 0 Å². The standard InChI is InChI=1S/2C52H34N4/c1-4-13-36(14-5-1)46-33-40(34-47(54-46)37-15-6-2-7-16-37)35-22-26-42(27-23-35)55-48-20-11-10-19-43(48)44-31-38(24-28-49(44)55)39-25-29-50-45(32-39)52-51(21-12-30-53-52)56(50)41-17-8-3-9-18-41;1-4-13-35(14-5-1)40-33-46(36-15-6-2-7-16-36)54-47(34-40)37-22-26-42(27-23-37)55-48-20-11-10-19-43(48)44-31-38(24-28-49(44)55)39-25-29-50-45(32-39)52-51(21-12-30-53-52)56(50)41-17-8-3-9-18-41/h2*1-34H. The molecule has 524 valence electrons. The van der Waals surface area contributed by atoms with Crippen LogP contribution in [0.2, 0.25) is 0 Å². The summed E-state index contributed by atoms with van der Waals surface area (Å²) in [5, 5.41) is 7.18. The Morgan fingerprint density at radius 1 is 0.152 bits per heavy atom. The van der Waals surface area contributed by atoms with Gasteiger partial charge in [0.05, 0.1) is 77.9 Å². The summed E-state index contributed by atoms with van der Waals surface area (Å²) in [5.74, 6) is 0. The first-order valence-electron chi connectivity index (χ1n) is 38.0. The van der Waals surface area contributed by atoms with E-state index in [2.05, 4.69) is 388 Å². The average Bonchev–Trinajstić information content (AvgIpc) is 1.59. The van der Waals surface area contributed by atoms with Crippen molar-refractivity contribution in [1.82, 2.24) is 38.2 Å². The van der Waals surface area contributed by atoms with Gasteiger partial charge in [-0.25, -0.2) is 9.97 Å². The predicted octanol–water partition coefficient (Wildman–Crippen LogP) is 26.7. The van der Waals surface area contributed by atoms with E-state index in [1.807, 2.05) is 42.7 Å². The lowest BCUT2D eigenvalue weighted by Gasteiger charge is -2.12. The average molecular weight is 1430 g/mol. The van der Waals surface area contributed by atoms with Crippen LogP contribution in [-0.4, -0.2) is 38.2 Å². The minimum absolute atomic E-state index is 0.947. The number of para-hydroxylation sites is 4. The van der Waals surface area contributed by atoms with Gasteiger partial charge in [0.2, 0.25) is 0 Å². The van der Waals surface area contributed by atoms with E-state index in [4.69, 9.17) is 19.9 Å². The number of rotatable bonds is 12. The van der Waals surface area contributed by atoms with Gasteiger partial charge in [0.1, 0.15) is 0 Å². The minimum atomic E-state index is 0.947. The van der Waals surface area contributed by atoms with E-state index < -0.39 is 0 Å². The highest BCUT2D eigenvalue weighted by Crippen LogP contribution is 2.43. The molecular formula is C104H68N8. The highest BCUT2D eigenvalue weighted by molar-refractivity contribution is 6.14. The zero-order valence-corrected chi connectivity index (χ0v) is 60.8. The first kappa shape index (κ1) is 65.2. The van der Waals surface area contributed by atoms with Crippen LogP contribution in [0.15, 0.2) is 413 Å². The normalized spacial score (nSPS) is 11.6. The van der Waals surface area contributed by atoms with Gasteiger partial charge in [-0.05, 0) is 202 Å². The van der Waals surface area contributed by atoms with Gasteiger partial charge in [0.25, 0.3) is 0 Å². The van der Waals surface area contributed by atoms with Gasteiger partial charge in [0, 0.05) is 89.7 Å². The van der Waals surface area contributed by atoms with Crippen molar-refractivity contribution in [3.8, 4) is 112 Å². The van der Waals surface area contributed by atoms with Crippen molar-refractivity contribution in [2.45, 2.75) is 0 Å². The van der Waals surface area contributed by atoms with E-state index in [1.165, 1.54) is 71.4 Å². The smallest absolute Gasteiger partial charge is 0.0963 e. The van der Waals surface area contributed by atoms with E-state index in [-0.39, 0.29) is 0 Å². The van der Waals surface area contributed by atoms with Crippen LogP contribution in [-0.2, 0) is 0 Å². The maximum absolute atomic E-state index is 5.17. The molecule has 22 aromatic rings. The zero-order chi connectivity index (χ0) is 74.0. The summed E-state index contributed by atoms with van der Waals surface area (Å²) in [6.45, 7) is 0. The molecule has 0 saturated heterocycles. The van der Waals surface area contributed by atoms with Crippen LogP contribution >= 0.6 is 0 Å². The minimum Gasteiger partial charge on any atom is -0.309 e. The fourth-order valence-electron chi connectivity index (χ4n) is 16.6. The quantitative estimate of drug-likeness (QED) is 0.122. The largest absolute Gasteiger partial charge is 0.309 e. The maximum Gasteiger partial charge on any atom is 0.0963 e. The summed E-state index contributed by atoms with van der Waals surface area (Å²) in [6.07, 6.45) is 3.77. The Kier molecular flexibility index (Phi) is 16.1. The molecule has 8 aromatic heterocycles. The van der Waals surface area contributed by atoms with E-state index in [0.29, 0.717) is 0 Å². The van der Waals surface area contributed by atoms with Crippen LogP contribution in [0.25, 0.3) is 200 Å². The third-order valence-corrected chi connectivity index (χ3v) is 21.9. The molecule has 14 aromatic carbocycles. The Labute approximate surface area is 646 Å². The van der Waals surface area contributed by atoms with Gasteiger partial charge < -0.3 is 18.3 Å². The molecule has 22 rings (SSSR count). The number of aromatic nitrogens is 8. The lowest BCUT2D eigenvalue weighted by atomic mass is 9.99. The van der Waals surface area contributed by atoms with Crippen LogP contribution in [0.4, 0.5) is 0 Å². The summed E-state index contributed by atoms with van der Waals surface area (Å²) >= 11 is 0. The highest BCUT2D eigenvalue weighted by atomic mass is 15.0. The molecule has 0 aliphatic carbocycles. The van der Waals surface area contributed by atoms with Crippen LogP contribution in [0.5, 0.6) is 0 Å². The van der Waals surface area contributed by atoms with E-state index in [1.54, 1.807) is 0 Å². The predicted molar refractivity (Wildman–Crippen MR) is 465 cm³/mol. The number of benzene rings is 14. The number of fused-ring (bicyclic) bond motifs is 12. The maximum atomic E-state index is 5.17. The van der Waals surface area contributed by atoms with Gasteiger partial charge in [0.15, 0.2) is 0 Å². The van der Waals surface area contributed by atoms with Gasteiger partial charge >= 0.3 is 0 Å². The van der Waals surface area contributed by atoms with Crippen molar-refractivity contribution in [3.63, 3.8) is 0 Å². The molecule has 0 bridgehead atoms. The topological polar surface area (TPSA) is 71.3 Å². The lowest BCUT2D eigenvalue weighted by molar-refractivity contribution is 1.17. The number of nitrogens with zero attached hydrogens (tertiary/aromatic N) is 8. The molecule has 0 unspecified atom stereocenters. The zero-order valence-electron chi connectivity index (χ0n) is 60.8. The first-order chi connectivity index (χ1) is 55.5. The SMILES string of the molecule is c1ccc(-c2cc(-c3ccc(-n4c5ccccc5c5cc(-c6ccc7c(c6)c6ncccc6n7-c6ccccc6)ccc54)cc3)cc(-c3ccccc3)n2)cc1.c1ccc(-c2cc(-c3ccccc3)nc(-c3ccc(-n4c5ccccc5c5cc(-c6ccc7c(c6)c6ncccc6n7-c6ccccc6)ccc54)cc3)c2)cc1. The van der Waals surface area contributed by atoms with Crippen molar-refractivity contribution in [2.75, 3.05) is 0 Å². The molecule has 0 radical (unpaired) electrons. The van der Waals surface area contributed by atoms with Gasteiger partial charge in [-0.1, -0.05) is 243 Å².